The van der Waals surface area contributed by atoms with Crippen molar-refractivity contribution >= 4 is 8.32 Å². The van der Waals surface area contributed by atoms with Gasteiger partial charge < -0.3 is 13.9 Å². The first-order valence-corrected chi connectivity index (χ1v) is 8.37. The van der Waals surface area contributed by atoms with Crippen molar-refractivity contribution in [2.75, 3.05) is 14.2 Å². The second-order valence-electron chi connectivity index (χ2n) is 5.08. The molecule has 0 aromatic carbocycles. The number of hydrogen-bond acceptors (Lipinski definition) is 3. The zero-order valence-corrected chi connectivity index (χ0v) is 11.5. The van der Waals surface area contributed by atoms with Gasteiger partial charge in [-0.3, -0.25) is 0 Å². The van der Waals surface area contributed by atoms with Crippen LogP contribution in [-0.2, 0) is 13.9 Å². The Balaban J connectivity index is 4.18. The van der Waals surface area contributed by atoms with E-state index in [4.69, 9.17) is 13.9 Å². The van der Waals surface area contributed by atoms with E-state index in [0.717, 1.165) is 6.42 Å². The smallest absolute Gasteiger partial charge is 0.184 e. The summed E-state index contributed by atoms with van der Waals surface area (Å²) in [7, 11) is 1.81. The van der Waals surface area contributed by atoms with E-state index in [0.29, 0.717) is 0 Å². The van der Waals surface area contributed by atoms with Crippen LogP contribution >= 0.6 is 0 Å². The minimum absolute atomic E-state index is 0.179. The van der Waals surface area contributed by atoms with Crippen molar-refractivity contribution in [1.82, 2.24) is 0 Å². The van der Waals surface area contributed by atoms with Crippen molar-refractivity contribution in [3.05, 3.63) is 0 Å². The van der Waals surface area contributed by atoms with Gasteiger partial charge in [-0.25, -0.2) is 0 Å². The molecule has 3 nitrogen and oxygen atoms in total. The maximum atomic E-state index is 6.04. The van der Waals surface area contributed by atoms with Crippen LogP contribution in [0.5, 0.6) is 0 Å². The van der Waals surface area contributed by atoms with Crippen LogP contribution in [0.15, 0.2) is 0 Å². The largest absolute Gasteiger partial charge is 0.413 e. The average Bonchev–Trinajstić information content (AvgIpc) is 1.95. The van der Waals surface area contributed by atoms with E-state index in [-0.39, 0.29) is 11.9 Å². The van der Waals surface area contributed by atoms with Crippen LogP contribution in [0, 0.1) is 0 Å². The van der Waals surface area contributed by atoms with Gasteiger partial charge in [0.2, 0.25) is 0 Å². The number of rotatable bonds is 6. The molecule has 14 heavy (non-hydrogen) atoms. The SMILES string of the molecule is COC(CC(C)(C)O[Si](C)(C)C)OC. The first-order valence-electron chi connectivity index (χ1n) is 4.96. The topological polar surface area (TPSA) is 27.7 Å². The molecule has 0 saturated heterocycles. The average molecular weight is 220 g/mol. The number of methoxy groups -OCH3 is 2. The molecule has 0 N–H and O–H groups in total. The highest BCUT2D eigenvalue weighted by Gasteiger charge is 2.29. The number of ether oxygens (including phenoxy) is 2. The summed E-state index contributed by atoms with van der Waals surface area (Å²) in [6, 6.07) is 0. The quantitative estimate of drug-likeness (QED) is 0.509. The van der Waals surface area contributed by atoms with Crippen molar-refractivity contribution in [1.29, 1.82) is 0 Å². The van der Waals surface area contributed by atoms with Crippen LogP contribution < -0.4 is 0 Å². The van der Waals surface area contributed by atoms with Crippen molar-refractivity contribution in [2.45, 2.75) is 51.8 Å². The van der Waals surface area contributed by atoms with E-state index in [1.54, 1.807) is 14.2 Å². The Morgan fingerprint density at radius 2 is 1.50 bits per heavy atom. The lowest BCUT2D eigenvalue weighted by atomic mass is 10.1. The zero-order chi connectivity index (χ0) is 11.4. The summed E-state index contributed by atoms with van der Waals surface area (Å²) in [5.74, 6) is 0. The highest BCUT2D eigenvalue weighted by Crippen LogP contribution is 2.23. The summed E-state index contributed by atoms with van der Waals surface area (Å²) >= 11 is 0. The predicted molar refractivity (Wildman–Crippen MR) is 60.9 cm³/mol. The van der Waals surface area contributed by atoms with Crippen LogP contribution in [0.3, 0.4) is 0 Å². The molecule has 86 valence electrons. The third kappa shape index (κ3) is 6.54. The molecule has 0 saturated carbocycles. The fourth-order valence-corrected chi connectivity index (χ4v) is 3.28. The highest BCUT2D eigenvalue weighted by molar-refractivity contribution is 6.69. The molecule has 0 fully saturated rings. The van der Waals surface area contributed by atoms with Crippen LogP contribution in [-0.4, -0.2) is 34.4 Å². The van der Waals surface area contributed by atoms with E-state index < -0.39 is 8.32 Å². The van der Waals surface area contributed by atoms with E-state index in [1.807, 2.05) is 0 Å². The number of hydrogen-bond donors (Lipinski definition) is 0. The molecule has 0 heterocycles. The summed E-state index contributed by atoms with van der Waals surface area (Å²) in [4.78, 5) is 0. The van der Waals surface area contributed by atoms with Gasteiger partial charge in [0.15, 0.2) is 14.6 Å². The van der Waals surface area contributed by atoms with Gasteiger partial charge in [-0.1, -0.05) is 0 Å². The van der Waals surface area contributed by atoms with Gasteiger partial charge in [0.05, 0.1) is 5.60 Å². The highest BCUT2D eigenvalue weighted by atomic mass is 28.4. The van der Waals surface area contributed by atoms with Crippen LogP contribution in [0.1, 0.15) is 20.3 Å². The van der Waals surface area contributed by atoms with E-state index in [9.17, 15) is 0 Å². The molecule has 0 rings (SSSR count). The summed E-state index contributed by atoms with van der Waals surface area (Å²) in [5, 5.41) is 0. The first kappa shape index (κ1) is 14.1. The Kier molecular flexibility index (Phi) is 5.29. The fraction of sp³-hybridized carbons (Fsp3) is 1.00. The van der Waals surface area contributed by atoms with Gasteiger partial charge in [-0.15, -0.1) is 0 Å². The minimum atomic E-state index is -1.50. The molecule has 0 amide bonds. The molecule has 0 radical (unpaired) electrons. The zero-order valence-electron chi connectivity index (χ0n) is 10.5. The van der Waals surface area contributed by atoms with Crippen LogP contribution in [0.25, 0.3) is 0 Å². The summed E-state index contributed by atoms with van der Waals surface area (Å²) in [6.07, 6.45) is 0.575. The predicted octanol–water partition coefficient (Wildman–Crippen LogP) is 2.63. The van der Waals surface area contributed by atoms with Crippen molar-refractivity contribution < 1.29 is 13.9 Å². The molecule has 0 spiro atoms. The molecule has 0 aromatic rings. The van der Waals surface area contributed by atoms with Crippen molar-refractivity contribution in [3.8, 4) is 0 Å². The molecule has 4 heteroatoms. The van der Waals surface area contributed by atoms with Crippen LogP contribution in [0.4, 0.5) is 0 Å². The molecule has 0 atom stereocenters. The second-order valence-corrected chi connectivity index (χ2v) is 9.51. The minimum Gasteiger partial charge on any atom is -0.413 e. The Morgan fingerprint density at radius 3 is 1.79 bits per heavy atom. The van der Waals surface area contributed by atoms with Crippen molar-refractivity contribution in [2.24, 2.45) is 0 Å². The van der Waals surface area contributed by atoms with Gasteiger partial charge >= 0.3 is 0 Å². The summed E-state index contributed by atoms with van der Waals surface area (Å²) in [5.41, 5.74) is -0.179. The normalized spacial score (nSPS) is 13.7. The van der Waals surface area contributed by atoms with Gasteiger partial charge in [0, 0.05) is 20.6 Å². The third-order valence-electron chi connectivity index (χ3n) is 1.77. The van der Waals surface area contributed by atoms with Gasteiger partial charge in [0.25, 0.3) is 0 Å². The summed E-state index contributed by atoms with van der Waals surface area (Å²) in [6.45, 7) is 10.7. The Labute approximate surface area is 88.9 Å². The summed E-state index contributed by atoms with van der Waals surface area (Å²) < 4.78 is 16.4. The maximum Gasteiger partial charge on any atom is 0.184 e. The van der Waals surface area contributed by atoms with E-state index in [1.165, 1.54) is 0 Å². The van der Waals surface area contributed by atoms with Crippen LogP contribution in [0.2, 0.25) is 19.6 Å². The van der Waals surface area contributed by atoms with Gasteiger partial charge in [-0.2, -0.15) is 0 Å². The van der Waals surface area contributed by atoms with Gasteiger partial charge in [-0.05, 0) is 33.5 Å². The van der Waals surface area contributed by atoms with E-state index in [2.05, 4.69) is 33.5 Å². The monoisotopic (exact) mass is 220 g/mol. The molecule has 0 aliphatic heterocycles. The molecule has 0 bridgehead atoms. The van der Waals surface area contributed by atoms with E-state index >= 15 is 0 Å². The molecule has 0 aliphatic rings. The third-order valence-corrected chi connectivity index (χ3v) is 2.93. The molecular weight excluding hydrogens is 196 g/mol. The Morgan fingerprint density at radius 1 is 1.07 bits per heavy atom. The molecular formula is C10H24O3Si. The second kappa shape index (κ2) is 5.26. The standard InChI is InChI=1S/C10H24O3Si/c1-10(2,13-14(5,6)7)8-9(11-3)12-4/h9H,8H2,1-7H3. The fourth-order valence-electron chi connectivity index (χ4n) is 1.53. The van der Waals surface area contributed by atoms with Crippen molar-refractivity contribution in [3.63, 3.8) is 0 Å². The Bertz CT molecular complexity index is 159. The molecule has 0 aliphatic carbocycles. The Hall–Kier alpha value is 0.0969. The lowest BCUT2D eigenvalue weighted by Gasteiger charge is -2.34. The lowest BCUT2D eigenvalue weighted by molar-refractivity contribution is -0.133. The maximum absolute atomic E-state index is 6.04. The van der Waals surface area contributed by atoms with Gasteiger partial charge in [0.1, 0.15) is 0 Å². The molecule has 0 aromatic heterocycles. The first-order chi connectivity index (χ1) is 6.20. The molecule has 0 unspecified atom stereocenters. The lowest BCUT2D eigenvalue weighted by Crippen LogP contribution is -2.41.